The van der Waals surface area contributed by atoms with Crippen LogP contribution >= 0.6 is 11.3 Å². The molecular formula is C19H16N4O2S. The Morgan fingerprint density at radius 1 is 1.27 bits per heavy atom. The van der Waals surface area contributed by atoms with Gasteiger partial charge >= 0.3 is 0 Å². The van der Waals surface area contributed by atoms with Gasteiger partial charge in [-0.15, -0.1) is 10.2 Å². The molecule has 2 aromatic carbocycles. The largest absolute Gasteiger partial charge is 0.496 e. The first-order valence-electron chi connectivity index (χ1n) is 7.97. The molecule has 0 saturated carbocycles. The molecule has 1 amide bonds. The number of hydrogen-bond donors (Lipinski definition) is 1. The van der Waals surface area contributed by atoms with Gasteiger partial charge in [0, 0.05) is 5.39 Å². The van der Waals surface area contributed by atoms with E-state index in [1.54, 1.807) is 13.2 Å². The topological polar surface area (TPSA) is 87.9 Å². The van der Waals surface area contributed by atoms with Gasteiger partial charge in [-0.25, -0.2) is 0 Å². The number of rotatable bonds is 5. The second kappa shape index (κ2) is 7.76. The number of nitrogens with zero attached hydrogens (tertiary/aromatic N) is 3. The van der Waals surface area contributed by atoms with Crippen LogP contribution in [0.2, 0.25) is 0 Å². The second-order valence-corrected chi connectivity index (χ2v) is 6.44. The maximum atomic E-state index is 12.4. The number of aryl methyl sites for hydroxylation is 1. The molecule has 0 bridgehead atoms. The zero-order valence-corrected chi connectivity index (χ0v) is 15.1. The van der Waals surface area contributed by atoms with Crippen molar-refractivity contribution < 1.29 is 9.53 Å². The van der Waals surface area contributed by atoms with Crippen LogP contribution in [0.15, 0.2) is 42.0 Å². The highest BCUT2D eigenvalue weighted by Gasteiger charge is 2.14. The Labute approximate surface area is 154 Å². The van der Waals surface area contributed by atoms with Gasteiger partial charge < -0.3 is 4.74 Å². The molecule has 0 aliphatic carbocycles. The number of aromatic nitrogens is 2. The minimum absolute atomic E-state index is 0.00596. The van der Waals surface area contributed by atoms with Gasteiger partial charge in [-0.05, 0) is 29.5 Å². The maximum Gasteiger partial charge on any atom is 0.268 e. The minimum atomic E-state index is -0.508. The molecule has 0 spiro atoms. The van der Waals surface area contributed by atoms with E-state index < -0.39 is 5.91 Å². The Kier molecular flexibility index (Phi) is 5.25. The van der Waals surface area contributed by atoms with Gasteiger partial charge in [-0.1, -0.05) is 48.6 Å². The van der Waals surface area contributed by atoms with Crippen LogP contribution in [0, 0.1) is 11.3 Å². The van der Waals surface area contributed by atoms with Gasteiger partial charge in [-0.2, -0.15) is 5.26 Å². The van der Waals surface area contributed by atoms with Crippen LogP contribution in [0.5, 0.6) is 5.75 Å². The van der Waals surface area contributed by atoms with Gasteiger partial charge in [0.15, 0.2) is 0 Å². The third-order valence-electron chi connectivity index (χ3n) is 3.79. The molecule has 3 rings (SSSR count). The van der Waals surface area contributed by atoms with E-state index in [9.17, 15) is 10.1 Å². The maximum absolute atomic E-state index is 12.4. The first kappa shape index (κ1) is 17.6. The van der Waals surface area contributed by atoms with Crippen molar-refractivity contribution in [3.05, 3.63) is 52.5 Å². The van der Waals surface area contributed by atoms with Crippen molar-refractivity contribution in [2.45, 2.75) is 13.3 Å². The molecule has 0 saturated heterocycles. The Balaban J connectivity index is 1.95. The second-order valence-electron chi connectivity index (χ2n) is 5.38. The van der Waals surface area contributed by atoms with E-state index >= 15 is 0 Å². The number of carbonyl (C=O) groups is 1. The quantitative estimate of drug-likeness (QED) is 0.549. The Hall–Kier alpha value is -3.24. The molecule has 1 aromatic heterocycles. The normalized spacial score (nSPS) is 11.2. The fourth-order valence-electron chi connectivity index (χ4n) is 2.51. The van der Waals surface area contributed by atoms with E-state index in [2.05, 4.69) is 15.5 Å². The Morgan fingerprint density at radius 3 is 2.69 bits per heavy atom. The summed E-state index contributed by atoms with van der Waals surface area (Å²) in [6.45, 7) is 1.96. The molecule has 26 heavy (non-hydrogen) atoms. The van der Waals surface area contributed by atoms with Crippen molar-refractivity contribution >= 4 is 39.2 Å². The molecule has 0 radical (unpaired) electrons. The van der Waals surface area contributed by atoms with Crippen molar-refractivity contribution in [3.8, 4) is 11.8 Å². The first-order valence-corrected chi connectivity index (χ1v) is 8.79. The summed E-state index contributed by atoms with van der Waals surface area (Å²) in [5.74, 6) is 0.230. The zero-order chi connectivity index (χ0) is 18.5. The molecule has 130 valence electrons. The summed E-state index contributed by atoms with van der Waals surface area (Å²) >= 11 is 1.30. The molecule has 0 atom stereocenters. The number of amides is 1. The molecule has 1 heterocycles. The summed E-state index contributed by atoms with van der Waals surface area (Å²) in [7, 11) is 1.61. The van der Waals surface area contributed by atoms with Gasteiger partial charge in [-0.3, -0.25) is 10.1 Å². The predicted octanol–water partition coefficient (Wildman–Crippen LogP) is 3.81. The van der Waals surface area contributed by atoms with Crippen LogP contribution in [0.3, 0.4) is 0 Å². The SMILES string of the molecule is CCc1nnc(NC(=O)C(C#N)=Cc2ccc(OC)c3ccccc23)s1. The highest BCUT2D eigenvalue weighted by atomic mass is 32.1. The summed E-state index contributed by atoms with van der Waals surface area (Å²) in [6.07, 6.45) is 2.31. The fourth-order valence-corrected chi connectivity index (χ4v) is 3.19. The van der Waals surface area contributed by atoms with E-state index in [-0.39, 0.29) is 5.57 Å². The first-order chi connectivity index (χ1) is 12.7. The number of methoxy groups -OCH3 is 1. The lowest BCUT2D eigenvalue weighted by atomic mass is 10.0. The average Bonchev–Trinajstić information content (AvgIpc) is 3.13. The van der Waals surface area contributed by atoms with Gasteiger partial charge in [0.05, 0.1) is 7.11 Å². The van der Waals surface area contributed by atoms with Crippen molar-refractivity contribution in [1.29, 1.82) is 5.26 Å². The lowest BCUT2D eigenvalue weighted by Crippen LogP contribution is -2.13. The lowest BCUT2D eigenvalue weighted by molar-refractivity contribution is -0.112. The number of ether oxygens (including phenoxy) is 1. The fraction of sp³-hybridized carbons (Fsp3) is 0.158. The average molecular weight is 364 g/mol. The molecule has 0 unspecified atom stereocenters. The third-order valence-corrected chi connectivity index (χ3v) is 4.78. The van der Waals surface area contributed by atoms with Crippen LogP contribution in [0.25, 0.3) is 16.8 Å². The van der Waals surface area contributed by atoms with E-state index in [0.717, 1.165) is 33.5 Å². The van der Waals surface area contributed by atoms with Gasteiger partial charge in [0.1, 0.15) is 22.4 Å². The van der Waals surface area contributed by atoms with Crippen molar-refractivity contribution in [2.75, 3.05) is 12.4 Å². The smallest absolute Gasteiger partial charge is 0.268 e. The number of carbonyl (C=O) groups excluding carboxylic acids is 1. The number of anilines is 1. The number of benzene rings is 2. The highest BCUT2D eigenvalue weighted by Crippen LogP contribution is 2.29. The van der Waals surface area contributed by atoms with E-state index in [4.69, 9.17) is 4.74 Å². The number of nitrogens with one attached hydrogen (secondary N) is 1. The van der Waals surface area contributed by atoms with Crippen molar-refractivity contribution in [1.82, 2.24) is 10.2 Å². The monoisotopic (exact) mass is 364 g/mol. The molecule has 3 aromatic rings. The number of nitriles is 1. The number of hydrogen-bond acceptors (Lipinski definition) is 6. The van der Waals surface area contributed by atoms with Crippen LogP contribution in [0.1, 0.15) is 17.5 Å². The van der Waals surface area contributed by atoms with Crippen LogP contribution in [0.4, 0.5) is 5.13 Å². The van der Waals surface area contributed by atoms with Gasteiger partial charge in [0.25, 0.3) is 5.91 Å². The summed E-state index contributed by atoms with van der Waals surface area (Å²) in [4.78, 5) is 12.4. The molecule has 0 fully saturated rings. The van der Waals surface area contributed by atoms with Crippen LogP contribution < -0.4 is 10.1 Å². The summed E-state index contributed by atoms with van der Waals surface area (Å²) in [5, 5.41) is 22.9. The molecular weight excluding hydrogens is 348 g/mol. The number of fused-ring (bicyclic) bond motifs is 1. The standard InChI is InChI=1S/C19H16N4O2S/c1-3-17-22-23-19(26-17)21-18(24)13(11-20)10-12-8-9-16(25-2)15-7-5-4-6-14(12)15/h4-10H,3H2,1-2H3,(H,21,23,24). The third kappa shape index (κ3) is 3.55. The Morgan fingerprint density at radius 2 is 2.04 bits per heavy atom. The minimum Gasteiger partial charge on any atom is -0.496 e. The van der Waals surface area contributed by atoms with E-state index in [1.165, 1.54) is 11.3 Å². The zero-order valence-electron chi connectivity index (χ0n) is 14.3. The summed E-state index contributed by atoms with van der Waals surface area (Å²) in [6, 6.07) is 13.3. The predicted molar refractivity (Wildman–Crippen MR) is 102 cm³/mol. The molecule has 1 N–H and O–H groups in total. The van der Waals surface area contributed by atoms with Crippen LogP contribution in [-0.4, -0.2) is 23.2 Å². The summed E-state index contributed by atoms with van der Waals surface area (Å²) < 4.78 is 5.37. The van der Waals surface area contributed by atoms with Crippen molar-refractivity contribution in [2.24, 2.45) is 0 Å². The molecule has 0 aliphatic rings. The molecule has 0 aliphatic heterocycles. The molecule has 7 heteroatoms. The van der Waals surface area contributed by atoms with Crippen molar-refractivity contribution in [3.63, 3.8) is 0 Å². The van der Waals surface area contributed by atoms with Gasteiger partial charge in [0.2, 0.25) is 5.13 Å². The lowest BCUT2D eigenvalue weighted by Gasteiger charge is -2.08. The highest BCUT2D eigenvalue weighted by molar-refractivity contribution is 7.15. The Bertz CT molecular complexity index is 1030. The summed E-state index contributed by atoms with van der Waals surface area (Å²) in [5.41, 5.74) is 0.758. The van der Waals surface area contributed by atoms with Crippen LogP contribution in [-0.2, 0) is 11.2 Å². The molecule has 6 nitrogen and oxygen atoms in total. The van der Waals surface area contributed by atoms with E-state index in [0.29, 0.717) is 5.13 Å². The van der Waals surface area contributed by atoms with E-state index in [1.807, 2.05) is 49.4 Å².